The van der Waals surface area contributed by atoms with Crippen LogP contribution in [0.3, 0.4) is 0 Å². The summed E-state index contributed by atoms with van der Waals surface area (Å²) in [6, 6.07) is 13.1. The maximum absolute atomic E-state index is 13.9. The number of aliphatic hydroxyl groups is 1. The van der Waals surface area contributed by atoms with E-state index in [1.54, 1.807) is 6.07 Å². The fraction of sp³-hybridized carbons (Fsp3) is 0.200. The lowest BCUT2D eigenvalue weighted by Crippen LogP contribution is -2.55. The Morgan fingerprint density at radius 3 is 2.10 bits per heavy atom. The van der Waals surface area contributed by atoms with Gasteiger partial charge in [-0.25, -0.2) is 4.79 Å². The Morgan fingerprint density at radius 2 is 1.62 bits per heavy atom. The lowest BCUT2D eigenvalue weighted by Gasteiger charge is -2.27. The van der Waals surface area contributed by atoms with E-state index in [1.165, 1.54) is 55.6 Å². The fourth-order valence-electron chi connectivity index (χ4n) is 3.11. The number of ether oxygens (including phenoxy) is 2. The van der Waals surface area contributed by atoms with Crippen LogP contribution in [0.2, 0.25) is 0 Å². The minimum absolute atomic E-state index is 0.0104. The van der Waals surface area contributed by atoms with E-state index in [-0.39, 0.29) is 11.3 Å². The minimum atomic E-state index is -5.46. The lowest BCUT2D eigenvalue weighted by atomic mass is 9.92. The maximum atomic E-state index is 13.9. The van der Waals surface area contributed by atoms with Crippen molar-refractivity contribution in [2.45, 2.75) is 11.8 Å². The van der Waals surface area contributed by atoms with Crippen molar-refractivity contribution < 1.29 is 37.3 Å². The minimum Gasteiger partial charge on any atom is -0.497 e. The third-order valence-electron chi connectivity index (χ3n) is 4.51. The number of esters is 1. The topological polar surface area (TPSA) is 76.1 Å². The molecule has 1 unspecified atom stereocenters. The monoisotopic (exact) mass is 407 g/mol. The summed E-state index contributed by atoms with van der Waals surface area (Å²) in [4.78, 5) is 25.9. The van der Waals surface area contributed by atoms with E-state index in [1.807, 2.05) is 0 Å². The molecule has 9 heteroatoms. The molecular weight excluding hydrogens is 391 g/mol. The molecule has 0 aliphatic carbocycles. The molecule has 2 aromatic carbocycles. The first-order valence-electron chi connectivity index (χ1n) is 8.33. The van der Waals surface area contributed by atoms with Crippen LogP contribution in [0.1, 0.15) is 5.56 Å². The number of amides is 1. The molecule has 1 heterocycles. The van der Waals surface area contributed by atoms with Gasteiger partial charge >= 0.3 is 12.1 Å². The first-order valence-corrected chi connectivity index (χ1v) is 8.33. The Morgan fingerprint density at radius 1 is 1.03 bits per heavy atom. The number of rotatable bonds is 4. The molecule has 6 nitrogen and oxygen atoms in total. The predicted octanol–water partition coefficient (Wildman–Crippen LogP) is 2.92. The number of alkyl halides is 3. The normalized spacial score (nSPS) is 19.5. The fourth-order valence-corrected chi connectivity index (χ4v) is 3.11. The van der Waals surface area contributed by atoms with Crippen LogP contribution in [0.5, 0.6) is 5.75 Å². The summed E-state index contributed by atoms with van der Waals surface area (Å²) in [5, 5.41) is 10.5. The smallest absolute Gasteiger partial charge is 0.431 e. The van der Waals surface area contributed by atoms with Crippen molar-refractivity contribution in [1.82, 2.24) is 0 Å². The van der Waals surface area contributed by atoms with E-state index in [0.717, 1.165) is 7.11 Å². The van der Waals surface area contributed by atoms with E-state index in [9.17, 15) is 27.9 Å². The average molecular weight is 407 g/mol. The van der Waals surface area contributed by atoms with Crippen LogP contribution in [0, 0.1) is 0 Å². The summed E-state index contributed by atoms with van der Waals surface area (Å²) in [6.07, 6.45) is -5.46. The second kappa shape index (κ2) is 7.25. The quantitative estimate of drug-likeness (QED) is 0.789. The molecular formula is C20H16F3NO5. The van der Waals surface area contributed by atoms with Gasteiger partial charge in [-0.15, -0.1) is 0 Å². The molecule has 0 fully saturated rings. The third kappa shape index (κ3) is 3.13. The standard InChI is InChI=1S/C20H16F3NO5/c1-28-14-10-8-13(9-11-14)24-16(12-6-4-3-5-7-12)15(17(25)29-2)19(27,18(24)26)20(21,22)23/h3-11,27H,1-2H3. The summed E-state index contributed by atoms with van der Waals surface area (Å²) in [5.74, 6) is -2.78. The van der Waals surface area contributed by atoms with Gasteiger partial charge in [-0.3, -0.25) is 9.69 Å². The van der Waals surface area contributed by atoms with Gasteiger partial charge in [0.1, 0.15) is 11.3 Å². The van der Waals surface area contributed by atoms with Crippen LogP contribution in [0.4, 0.5) is 18.9 Å². The second-order valence-corrected chi connectivity index (χ2v) is 6.13. The van der Waals surface area contributed by atoms with Crippen molar-refractivity contribution in [2.75, 3.05) is 19.1 Å². The highest BCUT2D eigenvalue weighted by atomic mass is 19.4. The van der Waals surface area contributed by atoms with Gasteiger partial charge in [-0.05, 0) is 29.8 Å². The predicted molar refractivity (Wildman–Crippen MR) is 96.9 cm³/mol. The average Bonchev–Trinajstić information content (AvgIpc) is 2.96. The summed E-state index contributed by atoms with van der Waals surface area (Å²) >= 11 is 0. The molecule has 2 aromatic rings. The number of halogens is 3. The van der Waals surface area contributed by atoms with Gasteiger partial charge in [0.05, 0.1) is 19.9 Å². The molecule has 0 aromatic heterocycles. The SMILES string of the molecule is COC(=O)C1=C(c2ccccc2)N(c2ccc(OC)cc2)C(=O)C1(O)C(F)(F)F. The van der Waals surface area contributed by atoms with E-state index in [2.05, 4.69) is 4.74 Å². The number of nitrogens with zero attached hydrogens (tertiary/aromatic N) is 1. The van der Waals surface area contributed by atoms with Crippen molar-refractivity contribution in [3.8, 4) is 5.75 Å². The zero-order chi connectivity index (χ0) is 21.4. The zero-order valence-electron chi connectivity index (χ0n) is 15.4. The molecule has 1 N–H and O–H groups in total. The zero-order valence-corrected chi connectivity index (χ0v) is 15.4. The van der Waals surface area contributed by atoms with Crippen LogP contribution in [-0.2, 0) is 14.3 Å². The summed E-state index contributed by atoms with van der Waals surface area (Å²) in [7, 11) is 2.28. The van der Waals surface area contributed by atoms with Crippen LogP contribution in [0.25, 0.3) is 5.70 Å². The van der Waals surface area contributed by atoms with Crippen molar-refractivity contribution in [3.63, 3.8) is 0 Å². The maximum Gasteiger partial charge on any atom is 0.431 e. The Balaban J connectivity index is 2.36. The Kier molecular flexibility index (Phi) is 5.10. The van der Waals surface area contributed by atoms with Gasteiger partial charge in [0.2, 0.25) is 0 Å². The highest BCUT2D eigenvalue weighted by Crippen LogP contribution is 2.49. The molecule has 3 rings (SSSR count). The molecule has 0 bridgehead atoms. The summed E-state index contributed by atoms with van der Waals surface area (Å²) in [6.45, 7) is 0. The van der Waals surface area contributed by atoms with Crippen LogP contribution >= 0.6 is 0 Å². The van der Waals surface area contributed by atoms with E-state index in [4.69, 9.17) is 4.74 Å². The number of methoxy groups -OCH3 is 2. The van der Waals surface area contributed by atoms with Crippen molar-refractivity contribution >= 4 is 23.3 Å². The number of carbonyl (C=O) groups is 2. The Labute approximate surface area is 163 Å². The molecule has 1 amide bonds. The third-order valence-corrected chi connectivity index (χ3v) is 4.51. The first-order chi connectivity index (χ1) is 13.7. The Hall–Kier alpha value is -3.33. The van der Waals surface area contributed by atoms with Crippen molar-refractivity contribution in [2.24, 2.45) is 0 Å². The van der Waals surface area contributed by atoms with Crippen LogP contribution < -0.4 is 9.64 Å². The van der Waals surface area contributed by atoms with E-state index < -0.39 is 34.9 Å². The highest BCUT2D eigenvalue weighted by Gasteiger charge is 2.70. The Bertz CT molecular complexity index is 970. The van der Waals surface area contributed by atoms with E-state index >= 15 is 0 Å². The van der Waals surface area contributed by atoms with Gasteiger partial charge in [0.15, 0.2) is 0 Å². The molecule has 1 aliphatic heterocycles. The van der Waals surface area contributed by atoms with Crippen molar-refractivity contribution in [3.05, 3.63) is 65.7 Å². The number of hydrogen-bond donors (Lipinski definition) is 1. The van der Waals surface area contributed by atoms with Gasteiger partial charge in [-0.2, -0.15) is 13.2 Å². The number of hydrogen-bond acceptors (Lipinski definition) is 5. The van der Waals surface area contributed by atoms with Crippen LogP contribution in [0.15, 0.2) is 60.2 Å². The lowest BCUT2D eigenvalue weighted by molar-refractivity contribution is -0.236. The van der Waals surface area contributed by atoms with Gasteiger partial charge < -0.3 is 14.6 Å². The molecule has 29 heavy (non-hydrogen) atoms. The molecule has 0 radical (unpaired) electrons. The second-order valence-electron chi connectivity index (χ2n) is 6.13. The first kappa shape index (κ1) is 20.4. The summed E-state index contributed by atoms with van der Waals surface area (Å²) < 4.78 is 51.2. The van der Waals surface area contributed by atoms with Gasteiger partial charge in [0.25, 0.3) is 11.5 Å². The molecule has 0 spiro atoms. The molecule has 1 atom stereocenters. The molecule has 0 saturated carbocycles. The number of carbonyl (C=O) groups excluding carboxylic acids is 2. The van der Waals surface area contributed by atoms with Gasteiger partial charge in [-0.1, -0.05) is 30.3 Å². The molecule has 0 saturated heterocycles. The molecule has 152 valence electrons. The van der Waals surface area contributed by atoms with Gasteiger partial charge in [0, 0.05) is 5.69 Å². The highest BCUT2D eigenvalue weighted by molar-refractivity contribution is 6.25. The largest absolute Gasteiger partial charge is 0.497 e. The molecule has 1 aliphatic rings. The van der Waals surface area contributed by atoms with Crippen LogP contribution in [-0.4, -0.2) is 43.0 Å². The summed E-state index contributed by atoms with van der Waals surface area (Å²) in [5.41, 5.74) is -5.54. The van der Waals surface area contributed by atoms with E-state index in [0.29, 0.717) is 10.6 Å². The number of anilines is 1. The number of benzene rings is 2. The van der Waals surface area contributed by atoms with Crippen molar-refractivity contribution in [1.29, 1.82) is 0 Å².